The highest BCUT2D eigenvalue weighted by Gasteiger charge is 2.11. The summed E-state index contributed by atoms with van der Waals surface area (Å²) in [4.78, 5) is 4.57. The monoisotopic (exact) mass is 345 g/mol. The highest BCUT2D eigenvalue weighted by Crippen LogP contribution is 2.19. The number of aromatic nitrogens is 3. The van der Waals surface area contributed by atoms with E-state index in [1.807, 2.05) is 60.7 Å². The molecule has 2 aromatic carbocycles. The van der Waals surface area contributed by atoms with Gasteiger partial charge in [-0.05, 0) is 23.8 Å². The minimum Gasteiger partial charge on any atom is -0.286 e. The fourth-order valence-electron chi connectivity index (χ4n) is 2.68. The zero-order valence-electron chi connectivity index (χ0n) is 13.3. The van der Waals surface area contributed by atoms with E-state index in [2.05, 4.69) is 10.1 Å². The third-order valence-electron chi connectivity index (χ3n) is 3.89. The molecule has 2 aromatic heterocycles. The molecule has 0 atom stereocenters. The Morgan fingerprint density at radius 1 is 1.04 bits per heavy atom. The normalized spacial score (nSPS) is 10.9. The van der Waals surface area contributed by atoms with E-state index in [1.54, 1.807) is 6.20 Å². The van der Waals surface area contributed by atoms with Crippen molar-refractivity contribution < 1.29 is 0 Å². The summed E-state index contributed by atoms with van der Waals surface area (Å²) in [6, 6.07) is 19.6. The molecule has 0 unspecified atom stereocenters. The Kier molecular flexibility index (Phi) is 3.95. The molecule has 0 aliphatic heterocycles. The lowest BCUT2D eigenvalue weighted by Gasteiger charge is -2.05. The second kappa shape index (κ2) is 6.41. The highest BCUT2D eigenvalue weighted by molar-refractivity contribution is 7.12. The molecule has 2 N–H and O–H groups in total. The molecule has 0 saturated carbocycles. The Hall–Kier alpha value is -3.12. The number of hydrogen-bond acceptors (Lipinski definition) is 5. The van der Waals surface area contributed by atoms with Gasteiger partial charge in [0.05, 0.1) is 5.52 Å². The number of fused-ring (bicyclic) bond motifs is 1. The van der Waals surface area contributed by atoms with Crippen LogP contribution in [-0.2, 0) is 6.42 Å². The molecule has 0 bridgehead atoms. The van der Waals surface area contributed by atoms with Crippen LogP contribution < -0.4 is 4.80 Å². The molecular formula is C19H15N5S. The second-order valence-electron chi connectivity index (χ2n) is 5.64. The predicted octanol–water partition coefficient (Wildman–Crippen LogP) is 3.71. The molecule has 0 spiro atoms. The van der Waals surface area contributed by atoms with E-state index in [9.17, 15) is 0 Å². The van der Waals surface area contributed by atoms with Crippen molar-refractivity contribution in [3.63, 3.8) is 0 Å². The first-order valence-electron chi connectivity index (χ1n) is 7.82. The summed E-state index contributed by atoms with van der Waals surface area (Å²) >= 11 is 1.28. The summed E-state index contributed by atoms with van der Waals surface area (Å²) in [5.74, 6) is 0.284. The molecule has 0 amide bonds. The largest absolute Gasteiger partial charge is 0.286 e. The van der Waals surface area contributed by atoms with Gasteiger partial charge in [-0.3, -0.25) is 15.8 Å². The summed E-state index contributed by atoms with van der Waals surface area (Å²) in [6.07, 6.45) is 2.19. The standard InChI is InChI=1S/C19H15N5S/c20-17(12-13-8-9-16-15(11-13)7-4-10-22-16)24-19(21)25-18(23-24)14-5-2-1-3-6-14/h1-11,20-21H,12H2. The molecule has 0 aliphatic rings. The first-order chi connectivity index (χ1) is 12.2. The summed E-state index contributed by atoms with van der Waals surface area (Å²) in [6.45, 7) is 0. The van der Waals surface area contributed by atoms with E-state index < -0.39 is 0 Å². The Morgan fingerprint density at radius 3 is 2.72 bits per heavy atom. The van der Waals surface area contributed by atoms with Gasteiger partial charge in [0.25, 0.3) is 0 Å². The van der Waals surface area contributed by atoms with Crippen molar-refractivity contribution in [3.05, 3.63) is 77.2 Å². The minimum atomic E-state index is 0.256. The number of nitrogens with one attached hydrogen (secondary N) is 2. The average Bonchev–Trinajstić information content (AvgIpc) is 3.04. The van der Waals surface area contributed by atoms with Gasteiger partial charge >= 0.3 is 0 Å². The van der Waals surface area contributed by atoms with Crippen LogP contribution in [0.2, 0.25) is 0 Å². The van der Waals surface area contributed by atoms with Crippen LogP contribution in [0.1, 0.15) is 5.56 Å². The third-order valence-corrected chi connectivity index (χ3v) is 4.77. The topological polar surface area (TPSA) is 78.4 Å². The lowest BCUT2D eigenvalue weighted by molar-refractivity contribution is 0.846. The smallest absolute Gasteiger partial charge is 0.206 e. The van der Waals surface area contributed by atoms with E-state index in [4.69, 9.17) is 10.8 Å². The first kappa shape index (κ1) is 15.4. The van der Waals surface area contributed by atoms with Gasteiger partial charge in [0.15, 0.2) is 0 Å². The number of nitrogens with zero attached hydrogens (tertiary/aromatic N) is 3. The molecule has 0 fully saturated rings. The molecule has 6 heteroatoms. The lowest BCUT2D eigenvalue weighted by atomic mass is 10.1. The van der Waals surface area contributed by atoms with Gasteiger partial charge < -0.3 is 0 Å². The van der Waals surface area contributed by atoms with Crippen molar-refractivity contribution in [2.75, 3.05) is 0 Å². The zero-order valence-corrected chi connectivity index (χ0v) is 14.1. The average molecular weight is 345 g/mol. The zero-order chi connectivity index (χ0) is 17.2. The quantitative estimate of drug-likeness (QED) is 0.438. The predicted molar refractivity (Wildman–Crippen MR) is 100.0 cm³/mol. The Bertz CT molecular complexity index is 1110. The lowest BCUT2D eigenvalue weighted by Crippen LogP contribution is -2.25. The molecule has 4 aromatic rings. The molecule has 5 nitrogen and oxygen atoms in total. The van der Waals surface area contributed by atoms with Crippen LogP contribution in [0.3, 0.4) is 0 Å². The van der Waals surface area contributed by atoms with E-state index in [1.165, 1.54) is 16.0 Å². The summed E-state index contributed by atoms with van der Waals surface area (Å²) in [5.41, 5.74) is 2.91. The van der Waals surface area contributed by atoms with Crippen LogP contribution in [-0.4, -0.2) is 20.6 Å². The van der Waals surface area contributed by atoms with Gasteiger partial charge in [-0.15, -0.1) is 0 Å². The fourth-order valence-corrected chi connectivity index (χ4v) is 3.47. The molecule has 0 saturated heterocycles. The van der Waals surface area contributed by atoms with E-state index in [-0.39, 0.29) is 10.6 Å². The highest BCUT2D eigenvalue weighted by atomic mass is 32.1. The van der Waals surface area contributed by atoms with Crippen LogP contribution >= 0.6 is 11.3 Å². The Balaban J connectivity index is 1.62. The van der Waals surface area contributed by atoms with Gasteiger partial charge in [0.1, 0.15) is 10.8 Å². The van der Waals surface area contributed by atoms with E-state index in [0.29, 0.717) is 6.42 Å². The maximum absolute atomic E-state index is 8.36. The summed E-state index contributed by atoms with van der Waals surface area (Å²) < 4.78 is 1.40. The number of rotatable bonds is 3. The fraction of sp³-hybridized carbons (Fsp3) is 0.0526. The maximum Gasteiger partial charge on any atom is 0.206 e. The van der Waals surface area contributed by atoms with Gasteiger partial charge in [-0.2, -0.15) is 9.78 Å². The van der Waals surface area contributed by atoms with E-state index >= 15 is 0 Å². The van der Waals surface area contributed by atoms with Gasteiger partial charge in [0, 0.05) is 23.6 Å². The van der Waals surface area contributed by atoms with E-state index in [0.717, 1.165) is 27.0 Å². The Morgan fingerprint density at radius 2 is 1.88 bits per heavy atom. The summed E-state index contributed by atoms with van der Waals surface area (Å²) in [7, 11) is 0. The molecule has 0 aliphatic carbocycles. The van der Waals surface area contributed by atoms with Crippen molar-refractivity contribution >= 4 is 28.1 Å². The van der Waals surface area contributed by atoms with Crippen molar-refractivity contribution in [2.24, 2.45) is 0 Å². The molecule has 25 heavy (non-hydrogen) atoms. The van der Waals surface area contributed by atoms with Crippen molar-refractivity contribution in [3.8, 4) is 10.6 Å². The van der Waals surface area contributed by atoms with Crippen LogP contribution in [0, 0.1) is 10.8 Å². The number of benzene rings is 2. The van der Waals surface area contributed by atoms with Crippen LogP contribution in [0.4, 0.5) is 0 Å². The van der Waals surface area contributed by atoms with Crippen molar-refractivity contribution in [1.29, 1.82) is 10.8 Å². The van der Waals surface area contributed by atoms with Crippen molar-refractivity contribution in [2.45, 2.75) is 6.42 Å². The Labute approximate surface area is 148 Å². The molecular weight excluding hydrogens is 330 g/mol. The van der Waals surface area contributed by atoms with Gasteiger partial charge in [-0.25, -0.2) is 0 Å². The van der Waals surface area contributed by atoms with Crippen LogP contribution in [0.15, 0.2) is 66.9 Å². The minimum absolute atomic E-state index is 0.256. The molecule has 0 radical (unpaired) electrons. The molecule has 4 rings (SSSR count). The van der Waals surface area contributed by atoms with Gasteiger partial charge in [0.2, 0.25) is 4.80 Å². The molecule has 2 heterocycles. The van der Waals surface area contributed by atoms with Crippen molar-refractivity contribution in [1.82, 2.24) is 14.8 Å². The molecule has 122 valence electrons. The number of pyridine rings is 1. The maximum atomic E-state index is 8.36. The first-order valence-corrected chi connectivity index (χ1v) is 8.64. The second-order valence-corrected chi connectivity index (χ2v) is 6.62. The SMILES string of the molecule is N=C(Cc1ccc2ncccc2c1)n1nc(-c2ccccc2)sc1=N. The number of hydrogen-bond donors (Lipinski definition) is 2. The van der Waals surface area contributed by atoms with Crippen LogP contribution in [0.25, 0.3) is 21.5 Å². The third kappa shape index (κ3) is 3.12. The van der Waals surface area contributed by atoms with Gasteiger partial charge in [-0.1, -0.05) is 53.8 Å². The summed E-state index contributed by atoms with van der Waals surface area (Å²) in [5, 5.41) is 22.7. The van der Waals surface area contributed by atoms with Crippen LogP contribution in [0.5, 0.6) is 0 Å².